The smallest absolute Gasteiger partial charge is 0.259 e. The van der Waals surface area contributed by atoms with Crippen LogP contribution in [0.1, 0.15) is 15.9 Å². The van der Waals surface area contributed by atoms with Gasteiger partial charge in [-0.05, 0) is 53.2 Å². The predicted octanol–water partition coefficient (Wildman–Crippen LogP) is 4.37. The average Bonchev–Trinajstić information content (AvgIpc) is 2.36. The van der Waals surface area contributed by atoms with Crippen LogP contribution in [-0.2, 0) is 0 Å². The molecule has 0 fully saturated rings. The normalized spacial score (nSPS) is 10.3. The van der Waals surface area contributed by atoms with Gasteiger partial charge in [0.05, 0.1) is 11.3 Å². The van der Waals surface area contributed by atoms with Crippen molar-refractivity contribution < 1.29 is 9.90 Å². The Morgan fingerprint density at radius 1 is 1.26 bits per heavy atom. The van der Waals surface area contributed by atoms with Crippen molar-refractivity contribution in [2.24, 2.45) is 0 Å². The van der Waals surface area contributed by atoms with Crippen molar-refractivity contribution in [1.82, 2.24) is 0 Å². The fourth-order valence-corrected chi connectivity index (χ4v) is 2.13. The van der Waals surface area contributed by atoms with Crippen LogP contribution in [0, 0.1) is 6.92 Å². The van der Waals surface area contributed by atoms with Gasteiger partial charge in [-0.2, -0.15) is 0 Å². The molecule has 0 aliphatic carbocycles. The second-order valence-corrected chi connectivity index (χ2v) is 5.39. The molecule has 0 aromatic heterocycles. The number of phenolic OH excluding ortho intramolecular Hbond substituents is 1. The number of carbonyl (C=O) groups is 1. The van der Waals surface area contributed by atoms with Gasteiger partial charge in [0, 0.05) is 9.50 Å². The molecule has 0 heterocycles. The summed E-state index contributed by atoms with van der Waals surface area (Å²) < 4.78 is 0.720. The average molecular weight is 341 g/mol. The van der Waals surface area contributed by atoms with E-state index in [0.29, 0.717) is 10.7 Å². The summed E-state index contributed by atoms with van der Waals surface area (Å²) in [5.74, 6) is -0.439. The minimum absolute atomic E-state index is 0.0544. The van der Waals surface area contributed by atoms with Crippen molar-refractivity contribution in [2.45, 2.75) is 6.92 Å². The number of aryl methyl sites for hydroxylation is 1. The van der Waals surface area contributed by atoms with E-state index in [-0.39, 0.29) is 17.2 Å². The Balaban J connectivity index is 2.30. The number of phenols is 1. The van der Waals surface area contributed by atoms with Gasteiger partial charge in [-0.3, -0.25) is 4.79 Å². The maximum atomic E-state index is 12.1. The van der Waals surface area contributed by atoms with Crippen molar-refractivity contribution >= 4 is 39.1 Å². The van der Waals surface area contributed by atoms with Crippen LogP contribution in [-0.4, -0.2) is 11.0 Å². The number of benzene rings is 2. The van der Waals surface area contributed by atoms with E-state index in [4.69, 9.17) is 11.6 Å². The van der Waals surface area contributed by atoms with Crippen LogP contribution >= 0.6 is 27.5 Å². The second kappa shape index (κ2) is 5.63. The Morgan fingerprint density at radius 3 is 2.74 bits per heavy atom. The summed E-state index contributed by atoms with van der Waals surface area (Å²) in [5.41, 5.74) is 1.68. The van der Waals surface area contributed by atoms with E-state index >= 15 is 0 Å². The lowest BCUT2D eigenvalue weighted by atomic mass is 10.1. The second-order valence-electron chi connectivity index (χ2n) is 4.10. The molecule has 2 aromatic rings. The van der Waals surface area contributed by atoms with E-state index in [1.54, 1.807) is 30.3 Å². The summed E-state index contributed by atoms with van der Waals surface area (Å²) in [7, 11) is 0. The monoisotopic (exact) mass is 339 g/mol. The van der Waals surface area contributed by atoms with Crippen LogP contribution in [0.2, 0.25) is 5.02 Å². The molecule has 98 valence electrons. The molecule has 2 rings (SSSR count). The first-order valence-electron chi connectivity index (χ1n) is 5.53. The van der Waals surface area contributed by atoms with Crippen LogP contribution in [0.25, 0.3) is 0 Å². The molecule has 0 bridgehead atoms. The van der Waals surface area contributed by atoms with Gasteiger partial charge in [0.25, 0.3) is 5.91 Å². The van der Waals surface area contributed by atoms with Gasteiger partial charge in [0.15, 0.2) is 0 Å². The van der Waals surface area contributed by atoms with Crippen molar-refractivity contribution in [3.8, 4) is 5.75 Å². The molecule has 5 heteroatoms. The predicted molar refractivity (Wildman–Crippen MR) is 79.9 cm³/mol. The Labute approximate surface area is 124 Å². The van der Waals surface area contributed by atoms with E-state index in [0.717, 1.165) is 10.0 Å². The van der Waals surface area contributed by atoms with Crippen LogP contribution in [0.3, 0.4) is 0 Å². The first-order valence-corrected chi connectivity index (χ1v) is 6.70. The highest BCUT2D eigenvalue weighted by atomic mass is 79.9. The molecule has 0 saturated carbocycles. The minimum atomic E-state index is -0.385. The Morgan fingerprint density at radius 2 is 2.00 bits per heavy atom. The number of amides is 1. The molecule has 2 aromatic carbocycles. The number of anilines is 1. The summed E-state index contributed by atoms with van der Waals surface area (Å²) in [6.45, 7) is 1.85. The van der Waals surface area contributed by atoms with Gasteiger partial charge in [-0.15, -0.1) is 0 Å². The van der Waals surface area contributed by atoms with Gasteiger partial charge in [-0.25, -0.2) is 0 Å². The molecule has 1 amide bonds. The van der Waals surface area contributed by atoms with Crippen LogP contribution in [0.4, 0.5) is 5.69 Å². The van der Waals surface area contributed by atoms with E-state index in [1.165, 1.54) is 6.07 Å². The first kappa shape index (κ1) is 13.9. The SMILES string of the molecule is Cc1ccc(O)c(C(=O)Nc2cc(Cl)ccc2Br)c1. The van der Waals surface area contributed by atoms with E-state index < -0.39 is 0 Å². The van der Waals surface area contributed by atoms with Crippen molar-refractivity contribution in [3.05, 3.63) is 57.0 Å². The molecule has 2 N–H and O–H groups in total. The number of hydrogen-bond acceptors (Lipinski definition) is 2. The highest BCUT2D eigenvalue weighted by molar-refractivity contribution is 9.10. The van der Waals surface area contributed by atoms with Crippen molar-refractivity contribution in [1.29, 1.82) is 0 Å². The molecule has 0 aliphatic heterocycles. The fraction of sp³-hybridized carbons (Fsp3) is 0.0714. The third kappa shape index (κ3) is 3.28. The van der Waals surface area contributed by atoms with E-state index in [2.05, 4.69) is 21.2 Å². The zero-order valence-electron chi connectivity index (χ0n) is 10.1. The zero-order chi connectivity index (χ0) is 14.0. The largest absolute Gasteiger partial charge is 0.507 e. The van der Waals surface area contributed by atoms with Crippen molar-refractivity contribution in [2.75, 3.05) is 5.32 Å². The maximum Gasteiger partial charge on any atom is 0.259 e. The van der Waals surface area contributed by atoms with Crippen LogP contribution in [0.5, 0.6) is 5.75 Å². The molecule has 19 heavy (non-hydrogen) atoms. The molecule has 0 spiro atoms. The van der Waals surface area contributed by atoms with Gasteiger partial charge in [0.2, 0.25) is 0 Å². The minimum Gasteiger partial charge on any atom is -0.507 e. The summed E-state index contributed by atoms with van der Waals surface area (Å²) in [6, 6.07) is 9.96. The van der Waals surface area contributed by atoms with Gasteiger partial charge in [-0.1, -0.05) is 23.2 Å². The third-order valence-corrected chi connectivity index (χ3v) is 3.50. The Bertz CT molecular complexity index is 643. The van der Waals surface area contributed by atoms with E-state index in [9.17, 15) is 9.90 Å². The summed E-state index contributed by atoms with van der Waals surface area (Å²) in [6.07, 6.45) is 0. The molecule has 3 nitrogen and oxygen atoms in total. The Hall–Kier alpha value is -1.52. The quantitative estimate of drug-likeness (QED) is 0.853. The third-order valence-electron chi connectivity index (χ3n) is 2.57. The van der Waals surface area contributed by atoms with Crippen molar-refractivity contribution in [3.63, 3.8) is 0 Å². The number of halogens is 2. The summed E-state index contributed by atoms with van der Waals surface area (Å²) in [4.78, 5) is 12.1. The molecular weight excluding hydrogens is 330 g/mol. The lowest BCUT2D eigenvalue weighted by Crippen LogP contribution is -2.12. The summed E-state index contributed by atoms with van der Waals surface area (Å²) >= 11 is 9.21. The number of rotatable bonds is 2. The molecule has 0 radical (unpaired) electrons. The van der Waals surface area contributed by atoms with Gasteiger partial charge in [0.1, 0.15) is 5.75 Å². The molecule has 0 atom stereocenters. The number of hydrogen-bond donors (Lipinski definition) is 2. The number of aromatic hydroxyl groups is 1. The fourth-order valence-electron chi connectivity index (χ4n) is 1.61. The lowest BCUT2D eigenvalue weighted by Gasteiger charge is -2.09. The molecule has 0 aliphatic rings. The highest BCUT2D eigenvalue weighted by Crippen LogP contribution is 2.27. The highest BCUT2D eigenvalue weighted by Gasteiger charge is 2.13. The molecule has 0 unspecified atom stereocenters. The zero-order valence-corrected chi connectivity index (χ0v) is 12.4. The van der Waals surface area contributed by atoms with Crippen LogP contribution < -0.4 is 5.32 Å². The first-order chi connectivity index (χ1) is 8.97. The summed E-state index contributed by atoms with van der Waals surface area (Å²) in [5, 5.41) is 12.9. The standard InChI is InChI=1S/C14H11BrClNO2/c1-8-2-5-13(18)10(6-8)14(19)17-12-7-9(16)3-4-11(12)15/h2-7,18H,1H3,(H,17,19). The lowest BCUT2D eigenvalue weighted by molar-refractivity contribution is 0.102. The molecular formula is C14H11BrClNO2. The van der Waals surface area contributed by atoms with E-state index in [1.807, 2.05) is 6.92 Å². The number of nitrogens with one attached hydrogen (secondary N) is 1. The Kier molecular flexibility index (Phi) is 4.12. The molecule has 0 saturated heterocycles. The van der Waals surface area contributed by atoms with Gasteiger partial charge < -0.3 is 10.4 Å². The topological polar surface area (TPSA) is 49.3 Å². The number of carbonyl (C=O) groups excluding carboxylic acids is 1. The van der Waals surface area contributed by atoms with Gasteiger partial charge >= 0.3 is 0 Å². The van der Waals surface area contributed by atoms with Crippen LogP contribution in [0.15, 0.2) is 40.9 Å². The maximum absolute atomic E-state index is 12.1.